The van der Waals surface area contributed by atoms with E-state index < -0.39 is 11.8 Å². The zero-order valence-electron chi connectivity index (χ0n) is 18.4. The largest absolute Gasteiger partial charge is 0.318 e. The third kappa shape index (κ3) is 3.79. The molecule has 1 fully saturated rings. The van der Waals surface area contributed by atoms with Gasteiger partial charge >= 0.3 is 0 Å². The molecule has 2 amide bonds. The molecule has 1 aliphatic rings. The fourth-order valence-corrected chi connectivity index (χ4v) is 4.58. The number of pyridine rings is 1. The number of hydrogen-bond acceptors (Lipinski definition) is 4. The van der Waals surface area contributed by atoms with E-state index >= 15 is 0 Å². The van der Waals surface area contributed by atoms with Crippen molar-refractivity contribution in [3.63, 3.8) is 0 Å². The zero-order chi connectivity index (χ0) is 24.0. The smallest absolute Gasteiger partial charge is 0.270 e. The number of hydrogen-bond donors (Lipinski definition) is 1. The number of thiocarbonyl (C=S) groups is 1. The van der Waals surface area contributed by atoms with Gasteiger partial charge in [-0.25, -0.2) is 0 Å². The Kier molecular flexibility index (Phi) is 5.51. The molecule has 2 aromatic heterocycles. The van der Waals surface area contributed by atoms with Crippen molar-refractivity contribution in [1.29, 1.82) is 0 Å². The summed E-state index contributed by atoms with van der Waals surface area (Å²) < 4.78 is 2.09. The molecule has 4 aromatic rings. The van der Waals surface area contributed by atoms with Crippen LogP contribution in [0.15, 0.2) is 72.4 Å². The number of rotatable bonds is 3. The van der Waals surface area contributed by atoms with E-state index in [2.05, 4.69) is 20.9 Å². The second-order valence-corrected chi connectivity index (χ2v) is 8.80. The summed E-state index contributed by atoms with van der Waals surface area (Å²) in [6.45, 7) is 3.94. The van der Waals surface area contributed by atoms with Gasteiger partial charge in [-0.1, -0.05) is 17.7 Å². The van der Waals surface area contributed by atoms with Crippen LogP contribution >= 0.6 is 23.8 Å². The Balaban J connectivity index is 1.56. The Labute approximate surface area is 206 Å². The Hall–Kier alpha value is -3.81. The molecule has 0 saturated carbocycles. The second-order valence-electron chi connectivity index (χ2n) is 7.98. The Bertz CT molecular complexity index is 1520. The van der Waals surface area contributed by atoms with Gasteiger partial charge in [-0.2, -0.15) is 0 Å². The Morgan fingerprint density at radius 1 is 1.00 bits per heavy atom. The lowest BCUT2D eigenvalue weighted by Gasteiger charge is -2.28. The lowest BCUT2D eigenvalue weighted by atomic mass is 10.1. The lowest BCUT2D eigenvalue weighted by Crippen LogP contribution is -2.54. The summed E-state index contributed by atoms with van der Waals surface area (Å²) >= 11 is 11.2. The highest BCUT2D eigenvalue weighted by molar-refractivity contribution is 7.80. The second kappa shape index (κ2) is 8.52. The number of fused-ring (bicyclic) bond motifs is 1. The van der Waals surface area contributed by atoms with E-state index in [4.69, 9.17) is 23.8 Å². The van der Waals surface area contributed by atoms with E-state index in [1.165, 1.54) is 4.90 Å². The van der Waals surface area contributed by atoms with E-state index in [0.29, 0.717) is 10.7 Å². The van der Waals surface area contributed by atoms with Gasteiger partial charge in [0.05, 0.1) is 11.2 Å². The van der Waals surface area contributed by atoms with E-state index in [1.807, 2.05) is 44.2 Å². The van der Waals surface area contributed by atoms with Gasteiger partial charge in [0.1, 0.15) is 5.57 Å². The Morgan fingerprint density at radius 2 is 1.74 bits per heavy atom. The minimum Gasteiger partial charge on any atom is -0.318 e. The van der Waals surface area contributed by atoms with Crippen molar-refractivity contribution in [3.8, 4) is 5.69 Å². The molecule has 0 spiro atoms. The van der Waals surface area contributed by atoms with Crippen LogP contribution < -0.4 is 10.2 Å². The summed E-state index contributed by atoms with van der Waals surface area (Å²) in [5.74, 6) is -1.01. The van der Waals surface area contributed by atoms with Crippen LogP contribution in [0.3, 0.4) is 0 Å². The maximum atomic E-state index is 13.3. The number of benzene rings is 2. The number of halogens is 1. The van der Waals surface area contributed by atoms with Crippen molar-refractivity contribution in [2.45, 2.75) is 13.8 Å². The SMILES string of the molecule is Cc1cc(C=C2C(=O)NC(=S)N(c3ccc(Cl)cc3)C2=O)c(C)n1-c1ccc2ncccc2c1. The van der Waals surface area contributed by atoms with Crippen LogP contribution in [0.2, 0.25) is 5.02 Å². The fraction of sp³-hybridized carbons (Fsp3) is 0.0769. The first-order chi connectivity index (χ1) is 16.3. The average Bonchev–Trinajstić information content (AvgIpc) is 3.10. The summed E-state index contributed by atoms with van der Waals surface area (Å²) in [6, 6.07) is 18.6. The van der Waals surface area contributed by atoms with E-state index in [1.54, 1.807) is 36.5 Å². The predicted molar refractivity (Wildman–Crippen MR) is 138 cm³/mol. The highest BCUT2D eigenvalue weighted by atomic mass is 35.5. The summed E-state index contributed by atoms with van der Waals surface area (Å²) in [5.41, 5.74) is 5.07. The maximum Gasteiger partial charge on any atom is 0.270 e. The minimum atomic E-state index is -0.526. The quantitative estimate of drug-likeness (QED) is 0.248. The zero-order valence-corrected chi connectivity index (χ0v) is 19.9. The molecular formula is C26H19ClN4O2S. The molecule has 168 valence electrons. The van der Waals surface area contributed by atoms with Gasteiger partial charge in [0.25, 0.3) is 11.8 Å². The van der Waals surface area contributed by atoms with Gasteiger partial charge in [0.2, 0.25) is 0 Å². The molecule has 1 saturated heterocycles. The first-order valence-corrected chi connectivity index (χ1v) is 11.3. The number of aromatic nitrogens is 2. The topological polar surface area (TPSA) is 67.2 Å². The molecule has 0 bridgehead atoms. The molecular weight excluding hydrogens is 468 g/mol. The van der Waals surface area contributed by atoms with E-state index in [9.17, 15) is 9.59 Å². The highest BCUT2D eigenvalue weighted by Gasteiger charge is 2.34. The van der Waals surface area contributed by atoms with Crippen LogP contribution in [0, 0.1) is 13.8 Å². The van der Waals surface area contributed by atoms with Crippen molar-refractivity contribution in [2.75, 3.05) is 4.90 Å². The van der Waals surface area contributed by atoms with Gasteiger partial charge in [0.15, 0.2) is 5.11 Å². The molecule has 6 nitrogen and oxygen atoms in total. The number of nitrogens with zero attached hydrogens (tertiary/aromatic N) is 3. The van der Waals surface area contributed by atoms with Crippen LogP contribution in [0.25, 0.3) is 22.7 Å². The number of carbonyl (C=O) groups excluding carboxylic acids is 2. The van der Waals surface area contributed by atoms with Crippen LogP contribution in [0.5, 0.6) is 0 Å². The number of amides is 2. The predicted octanol–water partition coefficient (Wildman–Crippen LogP) is 5.13. The fourth-order valence-electron chi connectivity index (χ4n) is 4.17. The molecule has 3 heterocycles. The summed E-state index contributed by atoms with van der Waals surface area (Å²) in [7, 11) is 0. The normalized spacial score (nSPS) is 15.3. The molecule has 1 aliphatic heterocycles. The molecule has 0 unspecified atom stereocenters. The van der Waals surface area contributed by atoms with Crippen molar-refractivity contribution >= 4 is 63.4 Å². The number of anilines is 1. The van der Waals surface area contributed by atoms with Crippen molar-refractivity contribution in [3.05, 3.63) is 94.4 Å². The summed E-state index contributed by atoms with van der Waals surface area (Å²) in [5, 5.41) is 4.22. The molecule has 1 N–H and O–H groups in total. The number of aryl methyl sites for hydroxylation is 1. The van der Waals surface area contributed by atoms with Gasteiger partial charge < -0.3 is 4.57 Å². The third-order valence-electron chi connectivity index (χ3n) is 5.80. The molecule has 0 atom stereocenters. The molecule has 8 heteroatoms. The van der Waals surface area contributed by atoms with Gasteiger partial charge in [-0.3, -0.25) is 24.8 Å². The molecule has 0 aliphatic carbocycles. The molecule has 34 heavy (non-hydrogen) atoms. The first-order valence-electron chi connectivity index (χ1n) is 10.5. The van der Waals surface area contributed by atoms with E-state index in [-0.39, 0.29) is 10.7 Å². The molecule has 0 radical (unpaired) electrons. The minimum absolute atomic E-state index is 0.00603. The van der Waals surface area contributed by atoms with Crippen molar-refractivity contribution in [1.82, 2.24) is 14.9 Å². The van der Waals surface area contributed by atoms with Crippen molar-refractivity contribution in [2.24, 2.45) is 0 Å². The van der Waals surface area contributed by atoms with Gasteiger partial charge in [-0.15, -0.1) is 0 Å². The number of nitrogens with one attached hydrogen (secondary N) is 1. The third-order valence-corrected chi connectivity index (χ3v) is 6.34. The number of carbonyl (C=O) groups is 2. The molecule has 2 aromatic carbocycles. The van der Waals surface area contributed by atoms with Crippen LogP contribution in [-0.4, -0.2) is 26.5 Å². The van der Waals surface area contributed by atoms with Crippen LogP contribution in [0.4, 0.5) is 5.69 Å². The summed E-state index contributed by atoms with van der Waals surface area (Å²) in [6.07, 6.45) is 3.38. The average molecular weight is 487 g/mol. The lowest BCUT2D eigenvalue weighted by molar-refractivity contribution is -0.122. The molecule has 5 rings (SSSR count). The maximum absolute atomic E-state index is 13.3. The Morgan fingerprint density at radius 3 is 2.50 bits per heavy atom. The summed E-state index contributed by atoms with van der Waals surface area (Å²) in [4.78, 5) is 31.7. The standard InChI is InChI=1S/C26H19ClN4O2S/c1-15-12-18(16(2)30(15)21-9-10-23-17(13-21)4-3-11-28-23)14-22-24(32)29-26(34)31(25(22)33)20-7-5-19(27)6-8-20/h3-14H,1-2H3,(H,29,32,34). The van der Waals surface area contributed by atoms with Crippen LogP contribution in [0.1, 0.15) is 17.0 Å². The van der Waals surface area contributed by atoms with E-state index in [0.717, 1.165) is 33.5 Å². The monoisotopic (exact) mass is 486 g/mol. The van der Waals surface area contributed by atoms with Gasteiger partial charge in [-0.05, 0) is 92.3 Å². The van der Waals surface area contributed by atoms with Gasteiger partial charge in [0, 0.05) is 33.7 Å². The van der Waals surface area contributed by atoms with Crippen molar-refractivity contribution < 1.29 is 9.59 Å². The highest BCUT2D eigenvalue weighted by Crippen LogP contribution is 2.27. The van der Waals surface area contributed by atoms with Crippen LogP contribution in [-0.2, 0) is 9.59 Å². The first kappa shape index (κ1) is 22.0.